The van der Waals surface area contributed by atoms with Gasteiger partial charge in [0.15, 0.2) is 9.58 Å². The maximum Gasteiger partial charge on any atom is 0.600 e. The molecule has 9 heteroatoms. The molecule has 2 rings (SSSR count). The van der Waals surface area contributed by atoms with E-state index < -0.39 is 26.4 Å². The number of alkyl halides is 3. The number of hydrogen-bond acceptors (Lipinski definition) is 3. The van der Waals surface area contributed by atoms with Gasteiger partial charge in [0.25, 0.3) is 0 Å². The van der Waals surface area contributed by atoms with Gasteiger partial charge in [-0.1, -0.05) is 26.0 Å². The first-order valence-corrected chi connectivity index (χ1v) is 8.30. The predicted octanol–water partition coefficient (Wildman–Crippen LogP) is 4.19. The van der Waals surface area contributed by atoms with Gasteiger partial charge in [-0.2, -0.15) is 0 Å². The summed E-state index contributed by atoms with van der Waals surface area (Å²) in [6.45, 7) is 3.62. The summed E-state index contributed by atoms with van der Waals surface area (Å²) in [5, 5.41) is 0.715. The van der Waals surface area contributed by atoms with Crippen LogP contribution in [0.2, 0.25) is 0 Å². The van der Waals surface area contributed by atoms with Crippen molar-refractivity contribution in [3.63, 3.8) is 0 Å². The van der Waals surface area contributed by atoms with Gasteiger partial charge in [0.2, 0.25) is 10.4 Å². The quantitative estimate of drug-likeness (QED) is 0.479. The van der Waals surface area contributed by atoms with E-state index in [0.717, 1.165) is 0 Å². The Hall–Kier alpha value is -1.16. The molecule has 0 saturated carbocycles. The van der Waals surface area contributed by atoms with Crippen molar-refractivity contribution >= 4 is 31.0 Å². The third-order valence-electron chi connectivity index (χ3n) is 2.47. The molecule has 1 N–H and O–H groups in total. The molecule has 2 aromatic rings. The van der Waals surface area contributed by atoms with Crippen molar-refractivity contribution in [3.8, 4) is 0 Å². The second kappa shape index (κ2) is 6.30. The van der Waals surface area contributed by atoms with Gasteiger partial charge in [-0.15, -0.1) is 13.2 Å². The third kappa shape index (κ3) is 5.27. The van der Waals surface area contributed by atoms with Crippen LogP contribution in [0, 0.1) is 0 Å². The molecule has 4 nitrogen and oxygen atoms in total. The van der Waals surface area contributed by atoms with E-state index in [1.54, 1.807) is 30.3 Å². The molecule has 0 spiro atoms. The van der Waals surface area contributed by atoms with Crippen LogP contribution in [0.25, 0.3) is 10.1 Å². The first-order valence-electron chi connectivity index (χ1n) is 5.71. The second-order valence-corrected chi connectivity index (χ2v) is 7.26. The van der Waals surface area contributed by atoms with Gasteiger partial charge < -0.3 is 4.55 Å². The van der Waals surface area contributed by atoms with Crippen molar-refractivity contribution in [3.05, 3.63) is 35.2 Å². The van der Waals surface area contributed by atoms with E-state index in [0.29, 0.717) is 15.0 Å². The summed E-state index contributed by atoms with van der Waals surface area (Å²) >= 11 is 0. The van der Waals surface area contributed by atoms with Crippen molar-refractivity contribution in [2.75, 3.05) is 0 Å². The van der Waals surface area contributed by atoms with Crippen LogP contribution < -0.4 is 0 Å². The van der Waals surface area contributed by atoms with Crippen LogP contribution in [-0.4, -0.2) is 17.5 Å². The van der Waals surface area contributed by atoms with Crippen LogP contribution in [0.15, 0.2) is 30.3 Å². The van der Waals surface area contributed by atoms with Crippen molar-refractivity contribution in [2.45, 2.75) is 25.3 Å². The molecule has 1 aromatic heterocycles. The first-order chi connectivity index (χ1) is 9.41. The third-order valence-corrected chi connectivity index (χ3v) is 4.81. The molecule has 0 aliphatic carbocycles. The molecule has 1 heterocycles. The number of hydrogen-bond donors (Lipinski definition) is 1. The Morgan fingerprint density at radius 2 is 1.71 bits per heavy atom. The summed E-state index contributed by atoms with van der Waals surface area (Å²) < 4.78 is 72.3. The molecule has 0 radical (unpaired) electrons. The zero-order valence-corrected chi connectivity index (χ0v) is 12.7. The lowest BCUT2D eigenvalue weighted by Crippen LogP contribution is -1.99. The Balaban J connectivity index is 0.000000383. The van der Waals surface area contributed by atoms with Crippen LogP contribution in [0.5, 0.6) is 0 Å². The number of halogens is 3. The largest absolute Gasteiger partial charge is 0.726 e. The van der Waals surface area contributed by atoms with Crippen molar-refractivity contribution in [1.29, 1.82) is 0 Å². The minimum absolute atomic E-state index is 0.0719. The van der Waals surface area contributed by atoms with Crippen LogP contribution in [-0.2, 0) is 15.9 Å². The van der Waals surface area contributed by atoms with E-state index in [4.69, 9.17) is 17.5 Å². The van der Waals surface area contributed by atoms with Crippen LogP contribution in [0.1, 0.15) is 24.6 Å². The topological polar surface area (TPSA) is 77.4 Å². The molecule has 0 aliphatic rings. The SMILES string of the molecule is CC(C)c1cc2ccccc2[s+]1C(F)(F)F.O=S(=O)([O-])O. The average Bonchev–Trinajstić information content (AvgIpc) is 2.65. The fourth-order valence-electron chi connectivity index (χ4n) is 1.79. The average molecular weight is 342 g/mol. The van der Waals surface area contributed by atoms with Gasteiger partial charge >= 0.3 is 5.51 Å². The van der Waals surface area contributed by atoms with Gasteiger partial charge in [-0.25, -0.2) is 8.42 Å². The minimum atomic E-state index is -4.92. The summed E-state index contributed by atoms with van der Waals surface area (Å²) in [7, 11) is -6.64. The predicted molar refractivity (Wildman–Crippen MR) is 74.1 cm³/mol. The van der Waals surface area contributed by atoms with Crippen LogP contribution >= 0.6 is 10.5 Å². The van der Waals surface area contributed by atoms with Crippen molar-refractivity contribution < 1.29 is 30.7 Å². The Labute approximate surface area is 122 Å². The van der Waals surface area contributed by atoms with E-state index in [-0.39, 0.29) is 5.92 Å². The van der Waals surface area contributed by atoms with Gasteiger partial charge in [-0.3, -0.25) is 4.55 Å². The number of fused-ring (bicyclic) bond motifs is 1. The van der Waals surface area contributed by atoms with E-state index in [2.05, 4.69) is 0 Å². The first kappa shape index (κ1) is 17.9. The lowest BCUT2D eigenvalue weighted by molar-refractivity contribution is -0.0868. The second-order valence-electron chi connectivity index (χ2n) is 4.42. The molecule has 0 bridgehead atoms. The van der Waals surface area contributed by atoms with E-state index in [1.165, 1.54) is 0 Å². The Morgan fingerprint density at radius 3 is 2.14 bits per heavy atom. The normalized spacial score (nSPS) is 13.2. The van der Waals surface area contributed by atoms with Gasteiger partial charge in [0.05, 0.1) is 10.5 Å². The zero-order valence-electron chi connectivity index (χ0n) is 11.1. The molecule has 0 amide bonds. The maximum absolute atomic E-state index is 13.0. The van der Waals surface area contributed by atoms with Gasteiger partial charge in [-0.05, 0) is 12.1 Å². The highest BCUT2D eigenvalue weighted by atomic mass is 32.3. The fourth-order valence-corrected chi connectivity index (χ4v) is 3.85. The van der Waals surface area contributed by atoms with E-state index in [9.17, 15) is 13.2 Å². The lowest BCUT2D eigenvalue weighted by atomic mass is 10.1. The maximum atomic E-state index is 13.0. The molecule has 118 valence electrons. The number of benzene rings is 1. The molecule has 0 aliphatic heterocycles. The monoisotopic (exact) mass is 342 g/mol. The van der Waals surface area contributed by atoms with Crippen molar-refractivity contribution in [1.82, 2.24) is 0 Å². The molecule has 1 unspecified atom stereocenters. The Kier molecular flexibility index (Phi) is 5.37. The molecule has 1 atom stereocenters. The van der Waals surface area contributed by atoms with E-state index >= 15 is 0 Å². The molecule has 0 fully saturated rings. The zero-order chi connectivity index (χ0) is 16.4. The number of rotatable bonds is 1. The van der Waals surface area contributed by atoms with Crippen molar-refractivity contribution in [2.24, 2.45) is 0 Å². The lowest BCUT2D eigenvalue weighted by Gasteiger charge is -2.01. The van der Waals surface area contributed by atoms with Gasteiger partial charge in [0, 0.05) is 17.4 Å². The van der Waals surface area contributed by atoms with Crippen LogP contribution in [0.4, 0.5) is 13.2 Å². The molecule has 21 heavy (non-hydrogen) atoms. The number of thiophene rings is 1. The summed E-state index contributed by atoms with van der Waals surface area (Å²) in [6.07, 6.45) is 0. The van der Waals surface area contributed by atoms with Gasteiger partial charge in [0.1, 0.15) is 0 Å². The summed E-state index contributed by atoms with van der Waals surface area (Å²) in [4.78, 5) is 0.494. The highest BCUT2D eigenvalue weighted by molar-refractivity contribution is 7.79. The molecular weight excluding hydrogens is 329 g/mol. The van der Waals surface area contributed by atoms with Crippen LogP contribution in [0.3, 0.4) is 0 Å². The van der Waals surface area contributed by atoms with E-state index in [1.807, 2.05) is 13.8 Å². The Morgan fingerprint density at radius 1 is 1.24 bits per heavy atom. The smallest absolute Gasteiger partial charge is 0.600 e. The minimum Gasteiger partial charge on any atom is -0.726 e. The molecule has 0 saturated heterocycles. The molecular formula is C12H13F3O4S2. The highest BCUT2D eigenvalue weighted by Gasteiger charge is 2.48. The summed E-state index contributed by atoms with van der Waals surface area (Å²) in [6, 6.07) is 8.46. The highest BCUT2D eigenvalue weighted by Crippen LogP contribution is 2.52. The summed E-state index contributed by atoms with van der Waals surface area (Å²) in [5.74, 6) is -0.0719. The summed E-state index contributed by atoms with van der Waals surface area (Å²) in [5.41, 5.74) is -4.16. The standard InChI is InChI=1S/C12H12F3S.H2O4S/c1-8(2)11-7-9-5-3-4-6-10(9)16(11)12(13,14)15;1-5(2,3)4/h3-8H,1-2H3;(H2,1,2,3,4)/q+1;/p-1. The fraction of sp³-hybridized carbons (Fsp3) is 0.333. The molecule has 1 aromatic carbocycles. The Bertz CT molecular complexity index is 710.